The van der Waals surface area contributed by atoms with Crippen LogP contribution in [0.2, 0.25) is 0 Å². The summed E-state index contributed by atoms with van der Waals surface area (Å²) in [7, 11) is 0. The van der Waals surface area contributed by atoms with E-state index in [0.29, 0.717) is 12.1 Å². The van der Waals surface area contributed by atoms with Crippen LogP contribution in [0.15, 0.2) is 78.9 Å². The number of para-hydroxylation sites is 1. The van der Waals surface area contributed by atoms with Gasteiger partial charge in [-0.25, -0.2) is 0 Å². The van der Waals surface area contributed by atoms with Crippen LogP contribution in [0.3, 0.4) is 0 Å². The molecule has 2 N–H and O–H groups in total. The highest BCUT2D eigenvalue weighted by Gasteiger charge is 2.18. The normalized spacial score (nSPS) is 13.3. The molecule has 1 atom stereocenters. The summed E-state index contributed by atoms with van der Waals surface area (Å²) in [5.74, 6) is -0.245. The summed E-state index contributed by atoms with van der Waals surface area (Å²) in [6.07, 6.45) is 1.34. The predicted molar refractivity (Wildman–Crippen MR) is 127 cm³/mol. The van der Waals surface area contributed by atoms with Gasteiger partial charge in [-0.3, -0.25) is 9.59 Å². The first kappa shape index (κ1) is 21.6. The topological polar surface area (TPSA) is 61.4 Å². The van der Waals surface area contributed by atoms with Crippen molar-refractivity contribution in [3.05, 3.63) is 101 Å². The zero-order valence-electron chi connectivity index (χ0n) is 18.4. The Bertz CT molecular complexity index is 1060. The molecule has 3 aromatic carbocycles. The lowest BCUT2D eigenvalue weighted by Gasteiger charge is -2.19. The lowest BCUT2D eigenvalue weighted by Crippen LogP contribution is -2.37. The molecule has 0 radical (unpaired) electrons. The molecule has 0 bridgehead atoms. The Morgan fingerprint density at radius 3 is 2.38 bits per heavy atom. The monoisotopic (exact) mass is 427 g/mol. The number of hydrogen-bond donors (Lipinski definition) is 2. The van der Waals surface area contributed by atoms with Gasteiger partial charge in [-0.2, -0.15) is 0 Å². The van der Waals surface area contributed by atoms with Crippen LogP contribution >= 0.6 is 0 Å². The summed E-state index contributed by atoms with van der Waals surface area (Å²) in [4.78, 5) is 26.9. The van der Waals surface area contributed by atoms with Crippen LogP contribution in [0, 0.1) is 0 Å². The zero-order chi connectivity index (χ0) is 22.3. The SMILES string of the molecule is CC(CC(=O)NCc1ccc(CN2CCc3ccccc32)cc1)NC(=O)c1ccccc1. The third kappa shape index (κ3) is 5.55. The maximum atomic E-state index is 12.3. The molecule has 5 heteroatoms. The first-order valence-corrected chi connectivity index (χ1v) is 11.1. The number of rotatable bonds is 8. The van der Waals surface area contributed by atoms with Gasteiger partial charge in [-0.1, -0.05) is 60.7 Å². The summed E-state index contributed by atoms with van der Waals surface area (Å²) in [5.41, 5.74) is 5.66. The van der Waals surface area contributed by atoms with E-state index in [1.165, 1.54) is 16.8 Å². The predicted octanol–water partition coefficient (Wildman–Crippen LogP) is 4.07. The minimum atomic E-state index is -0.242. The molecule has 0 saturated carbocycles. The molecule has 0 fully saturated rings. The summed E-state index contributed by atoms with van der Waals surface area (Å²) < 4.78 is 0. The number of benzene rings is 3. The van der Waals surface area contributed by atoms with E-state index >= 15 is 0 Å². The number of anilines is 1. The molecule has 2 amide bonds. The Morgan fingerprint density at radius 1 is 0.906 bits per heavy atom. The van der Waals surface area contributed by atoms with Crippen LogP contribution in [-0.4, -0.2) is 24.4 Å². The Morgan fingerprint density at radius 2 is 1.59 bits per heavy atom. The van der Waals surface area contributed by atoms with E-state index in [1.807, 2.05) is 25.1 Å². The lowest BCUT2D eigenvalue weighted by molar-refractivity contribution is -0.121. The van der Waals surface area contributed by atoms with Crippen LogP contribution in [0.25, 0.3) is 0 Å². The third-order valence-electron chi connectivity index (χ3n) is 5.77. The summed E-state index contributed by atoms with van der Waals surface area (Å²) in [6.45, 7) is 4.26. The molecule has 3 aromatic rings. The first-order chi connectivity index (χ1) is 15.6. The second-order valence-electron chi connectivity index (χ2n) is 8.34. The molecule has 0 aliphatic carbocycles. The molecule has 32 heavy (non-hydrogen) atoms. The van der Waals surface area contributed by atoms with Crippen molar-refractivity contribution >= 4 is 17.5 Å². The maximum absolute atomic E-state index is 12.3. The van der Waals surface area contributed by atoms with Crippen molar-refractivity contribution in [2.75, 3.05) is 11.4 Å². The zero-order valence-corrected chi connectivity index (χ0v) is 18.4. The molecular formula is C27H29N3O2. The van der Waals surface area contributed by atoms with E-state index < -0.39 is 0 Å². The average Bonchev–Trinajstić information content (AvgIpc) is 3.22. The average molecular weight is 428 g/mol. The van der Waals surface area contributed by atoms with Gasteiger partial charge in [0.15, 0.2) is 0 Å². The largest absolute Gasteiger partial charge is 0.367 e. The second-order valence-corrected chi connectivity index (χ2v) is 8.34. The highest BCUT2D eigenvalue weighted by Crippen LogP contribution is 2.28. The quantitative estimate of drug-likeness (QED) is 0.570. The van der Waals surface area contributed by atoms with Crippen LogP contribution in [0.5, 0.6) is 0 Å². The molecule has 1 aliphatic heterocycles. The molecule has 5 nitrogen and oxygen atoms in total. The van der Waals surface area contributed by atoms with Gasteiger partial charge in [0.05, 0.1) is 0 Å². The van der Waals surface area contributed by atoms with Gasteiger partial charge in [0, 0.05) is 43.3 Å². The Balaban J connectivity index is 1.22. The van der Waals surface area contributed by atoms with Crippen molar-refractivity contribution < 1.29 is 9.59 Å². The summed E-state index contributed by atoms with van der Waals surface area (Å²) in [5, 5.41) is 5.82. The van der Waals surface area contributed by atoms with E-state index in [4.69, 9.17) is 0 Å². The molecule has 1 aliphatic rings. The molecule has 4 rings (SSSR count). The minimum Gasteiger partial charge on any atom is -0.367 e. The van der Waals surface area contributed by atoms with Gasteiger partial charge >= 0.3 is 0 Å². The fraction of sp³-hybridized carbons (Fsp3) is 0.259. The molecule has 1 heterocycles. The van der Waals surface area contributed by atoms with Gasteiger partial charge in [-0.05, 0) is 48.2 Å². The van der Waals surface area contributed by atoms with Crippen molar-refractivity contribution in [1.82, 2.24) is 10.6 Å². The number of nitrogens with zero attached hydrogens (tertiary/aromatic N) is 1. The number of carbonyl (C=O) groups is 2. The molecule has 0 aromatic heterocycles. The maximum Gasteiger partial charge on any atom is 0.251 e. The van der Waals surface area contributed by atoms with Gasteiger partial charge in [0.1, 0.15) is 0 Å². The molecule has 0 saturated heterocycles. The van der Waals surface area contributed by atoms with E-state index in [1.54, 1.807) is 12.1 Å². The lowest BCUT2D eigenvalue weighted by atomic mass is 10.1. The number of nitrogens with one attached hydrogen (secondary N) is 2. The minimum absolute atomic E-state index is 0.0800. The van der Waals surface area contributed by atoms with Crippen LogP contribution in [0.1, 0.15) is 40.4 Å². The Kier molecular flexibility index (Phi) is 6.85. The number of carbonyl (C=O) groups excluding carboxylic acids is 2. The van der Waals surface area contributed by atoms with Crippen LogP contribution < -0.4 is 15.5 Å². The fourth-order valence-corrected chi connectivity index (χ4v) is 4.05. The Hall–Kier alpha value is -3.60. The number of fused-ring (bicyclic) bond motifs is 1. The smallest absolute Gasteiger partial charge is 0.251 e. The van der Waals surface area contributed by atoms with Crippen molar-refractivity contribution in [3.8, 4) is 0 Å². The summed E-state index contributed by atoms with van der Waals surface area (Å²) in [6, 6.07) is 25.8. The van der Waals surface area contributed by atoms with Crippen LogP contribution in [0.4, 0.5) is 5.69 Å². The van der Waals surface area contributed by atoms with Crippen molar-refractivity contribution in [3.63, 3.8) is 0 Å². The van der Waals surface area contributed by atoms with E-state index in [-0.39, 0.29) is 24.3 Å². The first-order valence-electron chi connectivity index (χ1n) is 11.1. The van der Waals surface area contributed by atoms with Gasteiger partial charge in [-0.15, -0.1) is 0 Å². The molecule has 0 spiro atoms. The standard InChI is InChI=1S/C27H29N3O2/c1-20(29-27(32)24-8-3-2-4-9-24)17-26(31)28-18-21-11-13-22(14-12-21)19-30-16-15-23-7-5-6-10-25(23)30/h2-14,20H,15-19H2,1H3,(H,28,31)(H,29,32). The van der Waals surface area contributed by atoms with Gasteiger partial charge in [0.25, 0.3) is 5.91 Å². The van der Waals surface area contributed by atoms with E-state index in [9.17, 15) is 9.59 Å². The fourth-order valence-electron chi connectivity index (χ4n) is 4.05. The van der Waals surface area contributed by atoms with E-state index in [0.717, 1.165) is 25.1 Å². The van der Waals surface area contributed by atoms with Crippen molar-refractivity contribution in [2.45, 2.75) is 38.9 Å². The molecule has 1 unspecified atom stereocenters. The van der Waals surface area contributed by atoms with Gasteiger partial charge < -0.3 is 15.5 Å². The van der Waals surface area contributed by atoms with Crippen molar-refractivity contribution in [2.24, 2.45) is 0 Å². The molecular weight excluding hydrogens is 398 g/mol. The second kappa shape index (κ2) is 10.1. The third-order valence-corrected chi connectivity index (χ3v) is 5.77. The Labute approximate surface area is 189 Å². The number of hydrogen-bond acceptors (Lipinski definition) is 3. The highest BCUT2D eigenvalue weighted by molar-refractivity contribution is 5.94. The van der Waals surface area contributed by atoms with Crippen LogP contribution in [-0.2, 0) is 24.3 Å². The molecule has 164 valence electrons. The van der Waals surface area contributed by atoms with Crippen molar-refractivity contribution in [1.29, 1.82) is 0 Å². The highest BCUT2D eigenvalue weighted by atomic mass is 16.2. The van der Waals surface area contributed by atoms with Gasteiger partial charge in [0.2, 0.25) is 5.91 Å². The summed E-state index contributed by atoms with van der Waals surface area (Å²) >= 11 is 0. The number of amides is 2. The van der Waals surface area contributed by atoms with E-state index in [2.05, 4.69) is 64.1 Å².